The lowest BCUT2D eigenvalue weighted by molar-refractivity contribution is 0.0953. The summed E-state index contributed by atoms with van der Waals surface area (Å²) in [6.45, 7) is 2.09. The number of halogens is 1. The van der Waals surface area contributed by atoms with E-state index in [0.717, 1.165) is 25.7 Å². The summed E-state index contributed by atoms with van der Waals surface area (Å²) < 4.78 is 27.0. The lowest BCUT2D eigenvalue weighted by Gasteiger charge is -2.20. The minimum atomic E-state index is -3.53. The first-order valence-corrected chi connectivity index (χ1v) is 9.58. The van der Waals surface area contributed by atoms with E-state index in [2.05, 4.69) is 5.32 Å². The predicted octanol–water partition coefficient (Wildman–Crippen LogP) is 1.75. The number of hydrogen-bond acceptors (Lipinski definition) is 4. The highest BCUT2D eigenvalue weighted by atomic mass is 35.5. The summed E-state index contributed by atoms with van der Waals surface area (Å²) in [5, 5.41) is 2.74. The largest absolute Gasteiger partial charge is 0.352 e. The summed E-state index contributed by atoms with van der Waals surface area (Å²) >= 11 is 0. The molecule has 3 N–H and O–H groups in total. The van der Waals surface area contributed by atoms with Crippen LogP contribution in [-0.2, 0) is 10.0 Å². The Kier molecular flexibility index (Phi) is 8.69. The molecule has 0 spiro atoms. The molecule has 1 aromatic carbocycles. The van der Waals surface area contributed by atoms with E-state index in [1.807, 2.05) is 0 Å². The summed E-state index contributed by atoms with van der Waals surface area (Å²) in [5.41, 5.74) is 5.75. The van der Waals surface area contributed by atoms with Crippen molar-refractivity contribution in [2.24, 2.45) is 5.73 Å². The molecule has 1 fully saturated rings. The average Bonchev–Trinajstić information content (AvgIpc) is 2.85. The summed E-state index contributed by atoms with van der Waals surface area (Å²) in [4.78, 5) is 12.3. The van der Waals surface area contributed by atoms with Gasteiger partial charge in [-0.05, 0) is 44.0 Å². The van der Waals surface area contributed by atoms with Crippen LogP contribution in [0.4, 0.5) is 0 Å². The Bertz CT molecular complexity index is 629. The molecule has 0 bridgehead atoms. The number of carbonyl (C=O) groups excluding carboxylic acids is 1. The first kappa shape index (κ1) is 20.9. The van der Waals surface area contributed by atoms with E-state index in [1.165, 1.54) is 10.4 Å². The number of rotatable bonds is 6. The van der Waals surface area contributed by atoms with Crippen LogP contribution in [0, 0.1) is 0 Å². The molecule has 0 unspecified atom stereocenters. The fourth-order valence-electron chi connectivity index (χ4n) is 2.63. The summed E-state index contributed by atoms with van der Waals surface area (Å²) in [6.07, 6.45) is 4.60. The van der Waals surface area contributed by atoms with E-state index in [1.54, 1.807) is 18.2 Å². The second kappa shape index (κ2) is 9.98. The zero-order chi connectivity index (χ0) is 16.7. The van der Waals surface area contributed by atoms with E-state index >= 15 is 0 Å². The normalized spacial score (nSPS) is 16.0. The third kappa shape index (κ3) is 5.44. The monoisotopic (exact) mass is 375 g/mol. The van der Waals surface area contributed by atoms with Crippen LogP contribution >= 0.6 is 12.4 Å². The molecule has 1 aliphatic heterocycles. The molecule has 24 heavy (non-hydrogen) atoms. The number of carbonyl (C=O) groups is 1. The molecule has 0 saturated carbocycles. The second-order valence-corrected chi connectivity index (χ2v) is 7.68. The molecule has 1 aliphatic rings. The molecule has 0 aromatic heterocycles. The Hall–Kier alpha value is -1.15. The quantitative estimate of drug-likeness (QED) is 0.741. The number of hydrogen-bond donors (Lipinski definition) is 2. The summed E-state index contributed by atoms with van der Waals surface area (Å²) in [5.74, 6) is -0.272. The standard InChI is InChI=1S/C16H25N3O3S.ClH/c17-9-6-10-18-16(20)14-7-5-8-15(13-14)23(21,22)19-11-3-1-2-4-12-19;/h5,7-8,13H,1-4,6,9-12,17H2,(H,18,20);1H. The van der Waals surface area contributed by atoms with Gasteiger partial charge in [0.15, 0.2) is 0 Å². The van der Waals surface area contributed by atoms with Gasteiger partial charge < -0.3 is 11.1 Å². The maximum absolute atomic E-state index is 12.8. The van der Waals surface area contributed by atoms with Gasteiger partial charge in [0.25, 0.3) is 5.91 Å². The van der Waals surface area contributed by atoms with Gasteiger partial charge in [0.1, 0.15) is 0 Å². The number of nitrogens with one attached hydrogen (secondary N) is 1. The van der Waals surface area contributed by atoms with Crippen molar-refractivity contribution in [3.8, 4) is 0 Å². The van der Waals surface area contributed by atoms with Gasteiger partial charge in [-0.25, -0.2) is 8.42 Å². The van der Waals surface area contributed by atoms with Crippen LogP contribution in [0.25, 0.3) is 0 Å². The molecule has 0 atom stereocenters. The third-order valence-electron chi connectivity index (χ3n) is 3.97. The third-order valence-corrected chi connectivity index (χ3v) is 5.86. The van der Waals surface area contributed by atoms with Crippen molar-refractivity contribution in [1.82, 2.24) is 9.62 Å². The maximum atomic E-state index is 12.8. The van der Waals surface area contributed by atoms with Gasteiger partial charge in [-0.15, -0.1) is 12.4 Å². The van der Waals surface area contributed by atoms with Crippen molar-refractivity contribution in [1.29, 1.82) is 0 Å². The van der Waals surface area contributed by atoms with Crippen molar-refractivity contribution >= 4 is 28.3 Å². The average molecular weight is 376 g/mol. The first-order valence-electron chi connectivity index (χ1n) is 8.14. The number of amides is 1. The van der Waals surface area contributed by atoms with Crippen LogP contribution in [0.5, 0.6) is 0 Å². The topological polar surface area (TPSA) is 92.5 Å². The Balaban J connectivity index is 0.00000288. The van der Waals surface area contributed by atoms with Crippen molar-refractivity contribution < 1.29 is 13.2 Å². The van der Waals surface area contributed by atoms with Crippen LogP contribution in [0.15, 0.2) is 29.2 Å². The van der Waals surface area contributed by atoms with Crippen molar-refractivity contribution in [2.75, 3.05) is 26.2 Å². The fraction of sp³-hybridized carbons (Fsp3) is 0.562. The van der Waals surface area contributed by atoms with Crippen LogP contribution in [0.2, 0.25) is 0 Å². The highest BCUT2D eigenvalue weighted by Crippen LogP contribution is 2.21. The predicted molar refractivity (Wildman–Crippen MR) is 96.9 cm³/mol. The van der Waals surface area contributed by atoms with E-state index in [0.29, 0.717) is 38.2 Å². The Morgan fingerprint density at radius 2 is 1.83 bits per heavy atom. The first-order chi connectivity index (χ1) is 11.1. The lowest BCUT2D eigenvalue weighted by Crippen LogP contribution is -2.32. The molecular weight excluding hydrogens is 350 g/mol. The molecule has 0 radical (unpaired) electrons. The van der Waals surface area contributed by atoms with Gasteiger partial charge in [-0.2, -0.15) is 4.31 Å². The fourth-order valence-corrected chi connectivity index (χ4v) is 4.20. The molecule has 1 saturated heterocycles. The van der Waals surface area contributed by atoms with Gasteiger partial charge in [-0.1, -0.05) is 18.9 Å². The molecule has 0 aliphatic carbocycles. The van der Waals surface area contributed by atoms with Crippen molar-refractivity contribution in [3.05, 3.63) is 29.8 Å². The maximum Gasteiger partial charge on any atom is 0.251 e. The lowest BCUT2D eigenvalue weighted by atomic mass is 10.2. The van der Waals surface area contributed by atoms with E-state index < -0.39 is 10.0 Å². The molecule has 1 heterocycles. The zero-order valence-corrected chi connectivity index (χ0v) is 15.4. The smallest absolute Gasteiger partial charge is 0.251 e. The van der Waals surface area contributed by atoms with Crippen molar-refractivity contribution in [2.45, 2.75) is 37.0 Å². The van der Waals surface area contributed by atoms with E-state index in [9.17, 15) is 13.2 Å². The van der Waals surface area contributed by atoms with Crippen LogP contribution in [0.3, 0.4) is 0 Å². The van der Waals surface area contributed by atoms with Gasteiger partial charge in [0, 0.05) is 25.2 Å². The van der Waals surface area contributed by atoms with Crippen molar-refractivity contribution in [3.63, 3.8) is 0 Å². The van der Waals surface area contributed by atoms with Gasteiger partial charge in [0.2, 0.25) is 10.0 Å². The molecule has 136 valence electrons. The molecule has 8 heteroatoms. The van der Waals surface area contributed by atoms with Gasteiger partial charge >= 0.3 is 0 Å². The Labute approximate surface area is 150 Å². The SMILES string of the molecule is Cl.NCCCNC(=O)c1cccc(S(=O)(=O)N2CCCCCC2)c1. The Morgan fingerprint density at radius 3 is 2.46 bits per heavy atom. The molecule has 2 rings (SSSR count). The number of sulfonamides is 1. The van der Waals surface area contributed by atoms with Gasteiger partial charge in [-0.3, -0.25) is 4.79 Å². The highest BCUT2D eigenvalue weighted by molar-refractivity contribution is 7.89. The Morgan fingerprint density at radius 1 is 1.17 bits per heavy atom. The molecule has 6 nitrogen and oxygen atoms in total. The van der Waals surface area contributed by atoms with Crippen LogP contribution < -0.4 is 11.1 Å². The molecule has 1 aromatic rings. The van der Waals surface area contributed by atoms with E-state index in [4.69, 9.17) is 5.73 Å². The molecular formula is C16H26ClN3O3S. The number of benzene rings is 1. The zero-order valence-electron chi connectivity index (χ0n) is 13.7. The summed E-state index contributed by atoms with van der Waals surface area (Å²) in [6, 6.07) is 6.25. The van der Waals surface area contributed by atoms with E-state index in [-0.39, 0.29) is 23.2 Å². The number of nitrogens with zero attached hydrogens (tertiary/aromatic N) is 1. The minimum Gasteiger partial charge on any atom is -0.352 e. The second-order valence-electron chi connectivity index (χ2n) is 5.74. The minimum absolute atomic E-state index is 0. The van der Waals surface area contributed by atoms with Gasteiger partial charge in [0.05, 0.1) is 4.90 Å². The van der Waals surface area contributed by atoms with Crippen LogP contribution in [-0.4, -0.2) is 44.8 Å². The molecule has 1 amide bonds. The van der Waals surface area contributed by atoms with Crippen LogP contribution in [0.1, 0.15) is 42.5 Å². The summed E-state index contributed by atoms with van der Waals surface area (Å²) in [7, 11) is -3.53. The highest BCUT2D eigenvalue weighted by Gasteiger charge is 2.25. The number of nitrogens with two attached hydrogens (primary N) is 1.